The molecular formula is C36H28CrN8NaO10+. The third kappa shape index (κ3) is 10.4. The largest absolute Gasteiger partial charge is 1.00 e. The van der Waals surface area contributed by atoms with E-state index in [4.69, 9.17) is 0 Å². The Bertz CT molecular complexity index is 2230. The molecule has 4 aromatic rings. The van der Waals surface area contributed by atoms with Crippen molar-refractivity contribution in [3.63, 3.8) is 0 Å². The number of hydrogen-bond donors (Lipinski definition) is 6. The molecule has 20 heteroatoms. The topological polar surface area (TPSA) is 268 Å². The van der Waals surface area contributed by atoms with Crippen molar-refractivity contribution in [3.05, 3.63) is 127 Å². The number of nitro groups is 2. The number of hydrogen-bond acceptors (Lipinski definition) is 14. The van der Waals surface area contributed by atoms with Crippen LogP contribution in [0.1, 0.15) is 36.1 Å². The summed E-state index contributed by atoms with van der Waals surface area (Å²) >= 11 is 0. The van der Waals surface area contributed by atoms with E-state index in [9.17, 15) is 49.6 Å². The summed E-state index contributed by atoms with van der Waals surface area (Å²) < 4.78 is 0. The molecule has 0 saturated carbocycles. The molecule has 0 aromatic heterocycles. The van der Waals surface area contributed by atoms with Crippen LogP contribution in [0, 0.1) is 20.2 Å². The van der Waals surface area contributed by atoms with Gasteiger partial charge in [0, 0.05) is 66.6 Å². The van der Waals surface area contributed by atoms with Gasteiger partial charge in [-0.05, 0) is 47.5 Å². The molecule has 18 nitrogen and oxygen atoms in total. The molecule has 0 atom stereocenters. The summed E-state index contributed by atoms with van der Waals surface area (Å²) in [7, 11) is 0. The smallest absolute Gasteiger partial charge is 0.506 e. The fourth-order valence-electron chi connectivity index (χ4n) is 5.18. The zero-order valence-electron chi connectivity index (χ0n) is 29.6. The number of phenols is 2. The molecule has 2 aliphatic rings. The molecule has 0 unspecified atom stereocenters. The van der Waals surface area contributed by atoms with E-state index >= 15 is 0 Å². The summed E-state index contributed by atoms with van der Waals surface area (Å²) in [6.07, 6.45) is 5.86. The van der Waals surface area contributed by atoms with Crippen molar-refractivity contribution in [1.82, 2.24) is 0 Å². The third-order valence-electron chi connectivity index (χ3n) is 7.54. The summed E-state index contributed by atoms with van der Waals surface area (Å²) in [6.45, 7) is 2.69. The molecule has 2 aliphatic carbocycles. The van der Waals surface area contributed by atoms with Crippen LogP contribution in [0.4, 0.5) is 34.1 Å². The van der Waals surface area contributed by atoms with Crippen LogP contribution >= 0.6 is 0 Å². The molecule has 6 rings (SSSR count). The van der Waals surface area contributed by atoms with Gasteiger partial charge in [0.05, 0.1) is 21.2 Å². The minimum absolute atomic E-state index is 0. The Morgan fingerprint density at radius 3 is 1.32 bits per heavy atom. The van der Waals surface area contributed by atoms with E-state index in [0.29, 0.717) is 33.6 Å². The van der Waals surface area contributed by atoms with E-state index in [1.54, 1.807) is 48.6 Å². The van der Waals surface area contributed by atoms with Crippen molar-refractivity contribution >= 4 is 81.1 Å². The van der Waals surface area contributed by atoms with Gasteiger partial charge in [0.1, 0.15) is 34.3 Å². The van der Waals surface area contributed by atoms with Gasteiger partial charge in [-0.3, -0.25) is 50.3 Å². The van der Waals surface area contributed by atoms with Gasteiger partial charge in [-0.15, -0.1) is 0 Å². The summed E-state index contributed by atoms with van der Waals surface area (Å²) in [5.74, 6) is -1.99. The fraction of sp³-hybridized carbons (Fsp3) is 0.0556. The maximum atomic E-state index is 12.3. The number of benzene rings is 4. The minimum Gasteiger partial charge on any atom is -0.506 e. The van der Waals surface area contributed by atoms with Gasteiger partial charge in [-0.25, -0.2) is 0 Å². The van der Waals surface area contributed by atoms with Crippen LogP contribution in [0.25, 0.3) is 12.2 Å². The van der Waals surface area contributed by atoms with Gasteiger partial charge in [0.25, 0.3) is 11.4 Å². The second-order valence-electron chi connectivity index (χ2n) is 11.4. The van der Waals surface area contributed by atoms with E-state index in [1.165, 1.54) is 26.0 Å². The molecule has 0 aliphatic heterocycles. The maximum Gasteiger partial charge on any atom is 1.00 e. The van der Waals surface area contributed by atoms with Crippen molar-refractivity contribution in [3.8, 4) is 11.5 Å². The molecule has 0 spiro atoms. The number of aromatic hydroxyl groups is 2. The molecule has 0 radical (unpaired) electrons. The summed E-state index contributed by atoms with van der Waals surface area (Å²) in [5.41, 5.74) is 7.42. The number of ketones is 2. The van der Waals surface area contributed by atoms with Crippen LogP contribution in [0.5, 0.6) is 11.5 Å². The quantitative estimate of drug-likeness (QED) is 0.0649. The van der Waals surface area contributed by atoms with Gasteiger partial charge in [0.15, 0.2) is 0 Å². The average molecular weight is 808 g/mol. The first-order valence-electron chi connectivity index (χ1n) is 15.6. The number of rotatable bonds is 8. The first-order chi connectivity index (χ1) is 25.7. The van der Waals surface area contributed by atoms with Crippen LogP contribution in [0.2, 0.25) is 0 Å². The van der Waals surface area contributed by atoms with Crippen LogP contribution < -0.4 is 51.0 Å². The van der Waals surface area contributed by atoms with Gasteiger partial charge in [-0.1, -0.05) is 36.4 Å². The second-order valence-corrected chi connectivity index (χ2v) is 11.4. The predicted octanol–water partition coefficient (Wildman–Crippen LogP) is 2.34. The van der Waals surface area contributed by atoms with Crippen molar-refractivity contribution < 1.29 is 86.2 Å². The van der Waals surface area contributed by atoms with Gasteiger partial charge in [0.2, 0.25) is 23.4 Å². The maximum absolute atomic E-state index is 12.3. The Kier molecular flexibility index (Phi) is 15.1. The van der Waals surface area contributed by atoms with E-state index in [2.05, 4.69) is 31.7 Å². The van der Waals surface area contributed by atoms with Crippen molar-refractivity contribution in [2.75, 3.05) is 21.5 Å². The monoisotopic (exact) mass is 807 g/mol. The van der Waals surface area contributed by atoms with Crippen LogP contribution in [0.3, 0.4) is 0 Å². The molecule has 6 N–H and O–H groups in total. The Labute approximate surface area is 349 Å². The van der Waals surface area contributed by atoms with E-state index in [-0.39, 0.29) is 104 Å². The van der Waals surface area contributed by atoms with Crippen LogP contribution in [-0.2, 0) is 36.5 Å². The first-order valence-corrected chi connectivity index (χ1v) is 15.6. The third-order valence-corrected chi connectivity index (χ3v) is 7.54. The van der Waals surface area contributed by atoms with Gasteiger partial charge >= 0.3 is 29.6 Å². The minimum atomic E-state index is -0.615. The van der Waals surface area contributed by atoms with E-state index < -0.39 is 21.4 Å². The Morgan fingerprint density at radius 1 is 0.607 bits per heavy atom. The molecule has 0 fully saturated rings. The summed E-state index contributed by atoms with van der Waals surface area (Å²) in [5, 5.41) is 54.9. The molecule has 0 bridgehead atoms. The predicted molar refractivity (Wildman–Crippen MR) is 199 cm³/mol. The number of carbonyl (C=O) groups is 4. The summed E-state index contributed by atoms with van der Waals surface area (Å²) in [6, 6.07) is 17.0. The summed E-state index contributed by atoms with van der Waals surface area (Å²) in [4.78, 5) is 68.1. The zero-order valence-corrected chi connectivity index (χ0v) is 32.9. The SMILES string of the molecule is CC(=O)Nc1cccc2c1/C(=N/Nc1cc([N+](=O)[O-])ccc1O)C(=O)C=C2.CC(=O)Nc1cccc2c1/C(=N/Nc1cc([N+](=O)[O-])ccc1O)C(=O)C=C2.[Cr].[Na+]. The molecule has 56 heavy (non-hydrogen) atoms. The van der Waals surface area contributed by atoms with Crippen molar-refractivity contribution in [2.45, 2.75) is 13.8 Å². The van der Waals surface area contributed by atoms with Crippen molar-refractivity contribution in [1.29, 1.82) is 0 Å². The first kappa shape index (κ1) is 43.9. The fourth-order valence-corrected chi connectivity index (χ4v) is 5.18. The number of nitro benzene ring substituents is 2. The van der Waals surface area contributed by atoms with Gasteiger partial charge in [-0.2, -0.15) is 10.2 Å². The number of non-ortho nitro benzene ring substituents is 2. The number of anilines is 4. The normalized spacial score (nSPS) is 13.5. The Morgan fingerprint density at radius 2 is 0.982 bits per heavy atom. The van der Waals surface area contributed by atoms with E-state index in [1.807, 2.05) is 0 Å². The number of hydrazone groups is 2. The number of nitrogens with zero attached hydrogens (tertiary/aromatic N) is 4. The molecule has 278 valence electrons. The number of carbonyl (C=O) groups excluding carboxylic acids is 4. The molecular weight excluding hydrogens is 779 g/mol. The van der Waals surface area contributed by atoms with E-state index in [0.717, 1.165) is 36.4 Å². The Hall–Kier alpha value is -6.49. The van der Waals surface area contributed by atoms with Crippen LogP contribution in [-0.4, -0.2) is 54.9 Å². The second kappa shape index (κ2) is 19.2. The molecule has 0 saturated heterocycles. The Balaban J connectivity index is 0.000000290. The molecule has 2 amide bonds. The number of allylic oxidation sites excluding steroid dienone is 2. The zero-order chi connectivity index (χ0) is 39.1. The van der Waals surface area contributed by atoms with Gasteiger partial charge < -0.3 is 20.8 Å². The standard InChI is InChI=1S/2C18H14N4O5.Cr.Na/c2*1-10(23)19-13-4-2-3-11-5-7-16(25)18(17(11)13)21-20-14-9-12(22(26)27)6-8-15(14)24;;/h2*2-9,20,24H,1H3,(H,19,23);;/q;;;+1/b2*21-18+;;. The number of nitrogens with one attached hydrogen (secondary N) is 4. The average Bonchev–Trinajstić information content (AvgIpc) is 3.12. The number of fused-ring (bicyclic) bond motifs is 2. The van der Waals surface area contributed by atoms with Crippen LogP contribution in [0.15, 0.2) is 95.2 Å². The number of amides is 2. The molecule has 0 heterocycles. The van der Waals surface area contributed by atoms with Crippen molar-refractivity contribution in [2.24, 2.45) is 10.2 Å². The molecule has 4 aromatic carbocycles. The number of phenolic OH excluding ortho intramolecular Hbond substituents is 2.